The van der Waals surface area contributed by atoms with E-state index in [1.807, 2.05) is 0 Å². The second-order valence-corrected chi connectivity index (χ2v) is 3.68. The van der Waals surface area contributed by atoms with Crippen molar-refractivity contribution in [3.8, 4) is 5.75 Å². The average molecular weight is 269 g/mol. The average Bonchev–Trinajstić information content (AvgIpc) is 2.14. The molecule has 0 saturated heterocycles. The van der Waals surface area contributed by atoms with Gasteiger partial charge in [-0.25, -0.2) is 13.2 Å². The summed E-state index contributed by atoms with van der Waals surface area (Å²) >= 11 is 5.45. The molecule has 0 radical (unpaired) electrons. The lowest BCUT2D eigenvalue weighted by atomic mass is 10.0. The predicted molar refractivity (Wildman–Crippen MR) is 54.1 cm³/mol. The van der Waals surface area contributed by atoms with Gasteiger partial charge in [0, 0.05) is 5.02 Å². The van der Waals surface area contributed by atoms with Gasteiger partial charge in [-0.3, -0.25) is 4.79 Å². The van der Waals surface area contributed by atoms with Crippen LogP contribution in [0.3, 0.4) is 0 Å². The third kappa shape index (κ3) is 3.03. The number of hydrogen-bond acceptors (Lipinski definition) is 2. The molecule has 17 heavy (non-hydrogen) atoms. The zero-order chi connectivity index (χ0) is 13.2. The van der Waals surface area contributed by atoms with Gasteiger partial charge in [-0.15, -0.1) is 0 Å². The Balaban J connectivity index is 3.33. The summed E-state index contributed by atoms with van der Waals surface area (Å²) in [7, 11) is 1.01. The minimum absolute atomic E-state index is 0.261. The third-order valence-corrected chi connectivity index (χ3v) is 2.20. The first kappa shape index (κ1) is 13.6. The molecule has 1 aromatic rings. The molecule has 1 rings (SSSR count). The Hall–Kier alpha value is -1.43. The molecule has 0 fully saturated rings. The quantitative estimate of drug-likeness (QED) is 0.913. The first-order valence-corrected chi connectivity index (χ1v) is 4.79. The van der Waals surface area contributed by atoms with Gasteiger partial charge in [0.25, 0.3) is 5.92 Å². The third-order valence-electron chi connectivity index (χ3n) is 1.98. The molecule has 0 amide bonds. The van der Waals surface area contributed by atoms with Crippen LogP contribution in [0.1, 0.15) is 12.0 Å². The molecule has 0 aliphatic rings. The van der Waals surface area contributed by atoms with E-state index >= 15 is 0 Å². The van der Waals surface area contributed by atoms with E-state index in [0.717, 1.165) is 19.2 Å². The molecule has 7 heteroatoms. The lowest BCUT2D eigenvalue weighted by molar-refractivity contribution is -0.145. The maximum absolute atomic E-state index is 13.5. The molecule has 0 atom stereocenters. The van der Waals surface area contributed by atoms with Crippen LogP contribution in [-0.4, -0.2) is 18.2 Å². The summed E-state index contributed by atoms with van der Waals surface area (Å²) in [6.07, 6.45) is -1.47. The maximum atomic E-state index is 13.5. The van der Waals surface area contributed by atoms with Crippen molar-refractivity contribution < 1.29 is 27.8 Å². The molecular formula is C10H8ClF3O3. The number of ether oxygens (including phenoxy) is 1. The lowest BCUT2D eigenvalue weighted by Gasteiger charge is -2.18. The number of carboxylic acids is 1. The number of halogens is 4. The number of methoxy groups -OCH3 is 1. The van der Waals surface area contributed by atoms with Crippen LogP contribution >= 0.6 is 11.6 Å². The lowest BCUT2D eigenvalue weighted by Crippen LogP contribution is -2.20. The van der Waals surface area contributed by atoms with Crippen molar-refractivity contribution in [1.29, 1.82) is 0 Å². The summed E-state index contributed by atoms with van der Waals surface area (Å²) in [5.74, 6) is -7.25. The van der Waals surface area contributed by atoms with Crippen molar-refractivity contribution in [2.24, 2.45) is 0 Å². The molecule has 0 aliphatic heterocycles. The van der Waals surface area contributed by atoms with Gasteiger partial charge in [0.1, 0.15) is 6.42 Å². The Morgan fingerprint density at radius 3 is 2.59 bits per heavy atom. The van der Waals surface area contributed by atoms with Crippen LogP contribution in [0.4, 0.5) is 13.2 Å². The molecular weight excluding hydrogens is 261 g/mol. The molecule has 0 aliphatic carbocycles. The van der Waals surface area contributed by atoms with Crippen molar-refractivity contribution in [2.45, 2.75) is 12.3 Å². The summed E-state index contributed by atoms with van der Waals surface area (Å²) in [6.45, 7) is 0. The van der Waals surface area contributed by atoms with Gasteiger partial charge < -0.3 is 9.84 Å². The van der Waals surface area contributed by atoms with E-state index in [-0.39, 0.29) is 5.02 Å². The highest BCUT2D eigenvalue weighted by Gasteiger charge is 2.38. The van der Waals surface area contributed by atoms with Gasteiger partial charge in [0.05, 0.1) is 12.7 Å². The highest BCUT2D eigenvalue weighted by molar-refractivity contribution is 6.30. The molecule has 0 spiro atoms. The fourth-order valence-corrected chi connectivity index (χ4v) is 1.53. The van der Waals surface area contributed by atoms with Crippen LogP contribution in [0, 0.1) is 5.82 Å². The number of hydrogen-bond donors (Lipinski definition) is 1. The topological polar surface area (TPSA) is 46.5 Å². The Labute approximate surface area is 99.8 Å². The van der Waals surface area contributed by atoms with E-state index in [2.05, 4.69) is 4.74 Å². The van der Waals surface area contributed by atoms with Crippen LogP contribution in [0.15, 0.2) is 12.1 Å². The van der Waals surface area contributed by atoms with Crippen molar-refractivity contribution in [3.05, 3.63) is 28.5 Å². The fourth-order valence-electron chi connectivity index (χ4n) is 1.32. The smallest absolute Gasteiger partial charge is 0.309 e. The number of alkyl halides is 2. The molecule has 0 bridgehead atoms. The fraction of sp³-hybridized carbons (Fsp3) is 0.300. The maximum Gasteiger partial charge on any atom is 0.309 e. The summed E-state index contributed by atoms with van der Waals surface area (Å²) < 4.78 is 44.8. The number of carboxylic acid groups (broad SMARTS) is 1. The summed E-state index contributed by atoms with van der Waals surface area (Å²) in [5, 5.41) is 8.10. The predicted octanol–water partition coefficient (Wildman–Crippen LogP) is 3.05. The van der Waals surface area contributed by atoms with Crippen molar-refractivity contribution in [2.75, 3.05) is 7.11 Å². The molecule has 0 aromatic heterocycles. The number of benzene rings is 1. The van der Waals surface area contributed by atoms with Crippen molar-refractivity contribution >= 4 is 17.6 Å². The van der Waals surface area contributed by atoms with E-state index in [4.69, 9.17) is 16.7 Å². The van der Waals surface area contributed by atoms with E-state index < -0.39 is 35.4 Å². The normalized spacial score (nSPS) is 11.4. The number of aliphatic carboxylic acids is 1. The molecule has 0 unspecified atom stereocenters. The standard InChI is InChI=1S/C10H8ClF3O3/c1-17-9-6(2-5(11)3-7(9)12)10(13,14)4-8(15)16/h2-3H,4H2,1H3,(H,15,16). The van der Waals surface area contributed by atoms with Crippen molar-refractivity contribution in [1.82, 2.24) is 0 Å². The molecule has 94 valence electrons. The molecule has 1 aromatic carbocycles. The van der Waals surface area contributed by atoms with Crippen molar-refractivity contribution in [3.63, 3.8) is 0 Å². The van der Waals surface area contributed by atoms with E-state index in [9.17, 15) is 18.0 Å². The molecule has 3 nitrogen and oxygen atoms in total. The van der Waals surface area contributed by atoms with Gasteiger partial charge in [-0.1, -0.05) is 11.6 Å². The monoisotopic (exact) mass is 268 g/mol. The minimum atomic E-state index is -3.76. The first-order chi connectivity index (χ1) is 7.77. The second-order valence-electron chi connectivity index (χ2n) is 3.24. The van der Waals surface area contributed by atoms with Crippen LogP contribution in [0.2, 0.25) is 5.02 Å². The largest absolute Gasteiger partial charge is 0.493 e. The first-order valence-electron chi connectivity index (χ1n) is 4.41. The zero-order valence-corrected chi connectivity index (χ0v) is 9.39. The summed E-state index contributed by atoms with van der Waals surface area (Å²) in [6, 6.07) is 1.59. The summed E-state index contributed by atoms with van der Waals surface area (Å²) in [5.41, 5.74) is -0.882. The number of carbonyl (C=O) groups is 1. The van der Waals surface area contributed by atoms with Gasteiger partial charge >= 0.3 is 5.97 Å². The van der Waals surface area contributed by atoms with Gasteiger partial charge in [0.15, 0.2) is 11.6 Å². The van der Waals surface area contributed by atoms with Gasteiger partial charge in [-0.2, -0.15) is 0 Å². The highest BCUT2D eigenvalue weighted by atomic mass is 35.5. The second kappa shape index (κ2) is 4.83. The van der Waals surface area contributed by atoms with Crippen LogP contribution in [-0.2, 0) is 10.7 Å². The van der Waals surface area contributed by atoms with E-state index in [1.165, 1.54) is 0 Å². The zero-order valence-electron chi connectivity index (χ0n) is 8.64. The van der Waals surface area contributed by atoms with Gasteiger partial charge in [0.2, 0.25) is 0 Å². The van der Waals surface area contributed by atoms with Crippen LogP contribution < -0.4 is 4.74 Å². The Morgan fingerprint density at radius 1 is 1.53 bits per heavy atom. The minimum Gasteiger partial charge on any atom is -0.493 e. The highest BCUT2D eigenvalue weighted by Crippen LogP contribution is 2.40. The Bertz CT molecular complexity index is 449. The number of rotatable bonds is 4. The Kier molecular flexibility index (Phi) is 3.87. The molecule has 0 saturated carbocycles. The van der Waals surface area contributed by atoms with E-state index in [1.54, 1.807) is 0 Å². The Morgan fingerprint density at radius 2 is 2.12 bits per heavy atom. The van der Waals surface area contributed by atoms with Crippen LogP contribution in [0.25, 0.3) is 0 Å². The van der Waals surface area contributed by atoms with Gasteiger partial charge in [-0.05, 0) is 12.1 Å². The summed E-state index contributed by atoms with van der Waals surface area (Å²) in [4.78, 5) is 10.3. The van der Waals surface area contributed by atoms with E-state index in [0.29, 0.717) is 0 Å². The van der Waals surface area contributed by atoms with Crippen LogP contribution in [0.5, 0.6) is 5.75 Å². The SMILES string of the molecule is COc1c(F)cc(Cl)cc1C(F)(F)CC(=O)O. The molecule has 1 N–H and O–H groups in total. The molecule has 0 heterocycles.